The summed E-state index contributed by atoms with van der Waals surface area (Å²) in [6.07, 6.45) is 2.07. The molecule has 1 N–H and O–H groups in total. The van der Waals surface area contributed by atoms with Crippen LogP contribution in [0.25, 0.3) is 0 Å². The second-order valence-electron chi connectivity index (χ2n) is 6.20. The van der Waals surface area contributed by atoms with Gasteiger partial charge in [-0.15, -0.1) is 0 Å². The zero-order chi connectivity index (χ0) is 18.5. The molecular formula is C19H19ClF2N2OS. The molecule has 0 aliphatic carbocycles. The Balaban J connectivity index is 1.74. The summed E-state index contributed by atoms with van der Waals surface area (Å²) in [7, 11) is 0. The van der Waals surface area contributed by atoms with E-state index in [0.29, 0.717) is 23.9 Å². The molecule has 0 amide bonds. The molecule has 0 radical (unpaired) electrons. The molecule has 1 atom stereocenters. The Kier molecular flexibility index (Phi) is 6.40. The summed E-state index contributed by atoms with van der Waals surface area (Å²) >= 11 is 11.4. The second-order valence-corrected chi connectivity index (χ2v) is 7.00. The zero-order valence-corrected chi connectivity index (χ0v) is 15.6. The van der Waals surface area contributed by atoms with E-state index >= 15 is 0 Å². The Labute approximate surface area is 161 Å². The summed E-state index contributed by atoms with van der Waals surface area (Å²) in [5.41, 5.74) is 1.40. The van der Waals surface area contributed by atoms with E-state index in [0.717, 1.165) is 25.0 Å². The molecule has 26 heavy (non-hydrogen) atoms. The second kappa shape index (κ2) is 8.75. The molecule has 1 aliphatic rings. The van der Waals surface area contributed by atoms with Crippen LogP contribution >= 0.6 is 23.8 Å². The zero-order valence-electron chi connectivity index (χ0n) is 14.1. The number of nitrogens with zero attached hydrogens (tertiary/aromatic N) is 1. The van der Waals surface area contributed by atoms with Crippen molar-refractivity contribution in [1.29, 1.82) is 0 Å². The van der Waals surface area contributed by atoms with Gasteiger partial charge < -0.3 is 15.0 Å². The van der Waals surface area contributed by atoms with Crippen LogP contribution in [0.2, 0.25) is 5.02 Å². The quantitative estimate of drug-likeness (QED) is 0.719. The summed E-state index contributed by atoms with van der Waals surface area (Å²) in [6.45, 7) is 1.78. The van der Waals surface area contributed by atoms with Crippen molar-refractivity contribution in [2.24, 2.45) is 0 Å². The largest absolute Gasteiger partial charge is 0.376 e. The maximum absolute atomic E-state index is 13.5. The summed E-state index contributed by atoms with van der Waals surface area (Å²) in [4.78, 5) is 1.93. The number of benzene rings is 2. The normalized spacial score (nSPS) is 16.5. The van der Waals surface area contributed by atoms with Crippen LogP contribution in [-0.4, -0.2) is 29.3 Å². The van der Waals surface area contributed by atoms with Crippen LogP contribution in [0.3, 0.4) is 0 Å². The monoisotopic (exact) mass is 396 g/mol. The van der Waals surface area contributed by atoms with Crippen LogP contribution in [0, 0.1) is 11.6 Å². The van der Waals surface area contributed by atoms with E-state index in [2.05, 4.69) is 5.32 Å². The molecule has 1 aliphatic heterocycles. The van der Waals surface area contributed by atoms with E-state index in [1.807, 2.05) is 11.0 Å². The molecule has 3 rings (SSSR count). The molecule has 0 bridgehead atoms. The summed E-state index contributed by atoms with van der Waals surface area (Å²) in [6, 6.07) is 10.7. The number of nitrogens with one attached hydrogen (secondary N) is 1. The fraction of sp³-hybridized carbons (Fsp3) is 0.316. The smallest absolute Gasteiger partial charge is 0.173 e. The molecule has 2 aromatic carbocycles. The third kappa shape index (κ3) is 5.13. The SMILES string of the molecule is Fc1cccc(CN(CC2CCCO2)C(=S)Nc2ccc(F)c(Cl)c2)c1. The lowest BCUT2D eigenvalue weighted by molar-refractivity contribution is 0.0905. The summed E-state index contributed by atoms with van der Waals surface area (Å²) < 4.78 is 32.6. The van der Waals surface area contributed by atoms with Gasteiger partial charge in [0.2, 0.25) is 0 Å². The molecule has 138 valence electrons. The van der Waals surface area contributed by atoms with E-state index in [-0.39, 0.29) is 16.9 Å². The van der Waals surface area contributed by atoms with Gasteiger partial charge in [0, 0.05) is 25.4 Å². The molecule has 1 fully saturated rings. The highest BCUT2D eigenvalue weighted by Crippen LogP contribution is 2.21. The van der Waals surface area contributed by atoms with Gasteiger partial charge in [0.05, 0.1) is 11.1 Å². The predicted octanol–water partition coefficient (Wildman–Crippen LogP) is 5.00. The Morgan fingerprint density at radius 3 is 2.81 bits per heavy atom. The van der Waals surface area contributed by atoms with Crippen LogP contribution in [0.1, 0.15) is 18.4 Å². The van der Waals surface area contributed by atoms with Crippen LogP contribution in [-0.2, 0) is 11.3 Å². The molecule has 1 unspecified atom stereocenters. The maximum Gasteiger partial charge on any atom is 0.173 e. The van der Waals surface area contributed by atoms with E-state index in [4.69, 9.17) is 28.6 Å². The van der Waals surface area contributed by atoms with Crippen molar-refractivity contribution < 1.29 is 13.5 Å². The van der Waals surface area contributed by atoms with E-state index in [9.17, 15) is 8.78 Å². The van der Waals surface area contributed by atoms with Crippen molar-refractivity contribution in [3.63, 3.8) is 0 Å². The summed E-state index contributed by atoms with van der Waals surface area (Å²) in [5, 5.41) is 3.55. The first-order valence-corrected chi connectivity index (χ1v) is 9.17. The van der Waals surface area contributed by atoms with Crippen molar-refractivity contribution in [3.8, 4) is 0 Å². The number of thiocarbonyl (C=S) groups is 1. The third-order valence-electron chi connectivity index (χ3n) is 4.17. The maximum atomic E-state index is 13.5. The third-order valence-corrected chi connectivity index (χ3v) is 4.82. The molecule has 0 aromatic heterocycles. The highest BCUT2D eigenvalue weighted by molar-refractivity contribution is 7.80. The van der Waals surface area contributed by atoms with Gasteiger partial charge in [-0.2, -0.15) is 0 Å². The highest BCUT2D eigenvalue weighted by Gasteiger charge is 2.21. The minimum absolute atomic E-state index is 0.0219. The minimum atomic E-state index is -0.487. The summed E-state index contributed by atoms with van der Waals surface area (Å²) in [5.74, 6) is -0.775. The van der Waals surface area contributed by atoms with Crippen molar-refractivity contribution in [3.05, 3.63) is 64.7 Å². The average molecular weight is 397 g/mol. The van der Waals surface area contributed by atoms with Gasteiger partial charge in [0.1, 0.15) is 11.6 Å². The minimum Gasteiger partial charge on any atom is -0.376 e. The average Bonchev–Trinajstić information content (AvgIpc) is 3.11. The van der Waals surface area contributed by atoms with Gasteiger partial charge in [-0.3, -0.25) is 0 Å². The van der Waals surface area contributed by atoms with Crippen molar-refractivity contribution in [1.82, 2.24) is 4.90 Å². The van der Waals surface area contributed by atoms with E-state index in [1.165, 1.54) is 24.3 Å². The van der Waals surface area contributed by atoms with Gasteiger partial charge in [0.25, 0.3) is 0 Å². The lowest BCUT2D eigenvalue weighted by Crippen LogP contribution is -2.39. The van der Waals surface area contributed by atoms with Gasteiger partial charge >= 0.3 is 0 Å². The van der Waals surface area contributed by atoms with Crippen LogP contribution < -0.4 is 5.32 Å². The number of ether oxygens (including phenoxy) is 1. The molecule has 0 saturated carbocycles. The number of anilines is 1. The number of hydrogen-bond acceptors (Lipinski definition) is 2. The topological polar surface area (TPSA) is 24.5 Å². The lowest BCUT2D eigenvalue weighted by Gasteiger charge is -2.28. The first-order valence-electron chi connectivity index (χ1n) is 8.38. The lowest BCUT2D eigenvalue weighted by atomic mass is 10.2. The molecule has 7 heteroatoms. The van der Waals surface area contributed by atoms with Crippen LogP contribution in [0.4, 0.5) is 14.5 Å². The Morgan fingerprint density at radius 1 is 1.27 bits per heavy atom. The number of hydrogen-bond donors (Lipinski definition) is 1. The Hall–Kier alpha value is -1.76. The van der Waals surface area contributed by atoms with Crippen molar-refractivity contribution in [2.45, 2.75) is 25.5 Å². The molecular weight excluding hydrogens is 378 g/mol. The fourth-order valence-corrected chi connectivity index (χ4v) is 3.32. The first-order chi connectivity index (χ1) is 12.5. The van der Waals surface area contributed by atoms with Gasteiger partial charge in [-0.05, 0) is 61.0 Å². The Bertz CT molecular complexity index is 784. The molecule has 0 spiro atoms. The number of rotatable bonds is 5. The van der Waals surface area contributed by atoms with E-state index < -0.39 is 5.82 Å². The Morgan fingerprint density at radius 2 is 2.12 bits per heavy atom. The highest BCUT2D eigenvalue weighted by atomic mass is 35.5. The molecule has 1 saturated heterocycles. The molecule has 1 heterocycles. The number of halogens is 3. The van der Waals surface area contributed by atoms with Crippen LogP contribution in [0.5, 0.6) is 0 Å². The predicted molar refractivity (Wildman–Crippen MR) is 103 cm³/mol. The fourth-order valence-electron chi connectivity index (χ4n) is 2.89. The molecule has 2 aromatic rings. The van der Waals surface area contributed by atoms with Crippen molar-refractivity contribution in [2.75, 3.05) is 18.5 Å². The van der Waals surface area contributed by atoms with Crippen LogP contribution in [0.15, 0.2) is 42.5 Å². The standard InChI is InChI=1S/C19H19ClF2N2OS/c20-17-10-15(6-7-18(17)22)23-19(26)24(12-16-5-2-8-25-16)11-13-3-1-4-14(21)9-13/h1,3-4,6-7,9-10,16H,2,5,8,11-12H2,(H,23,26). The van der Waals surface area contributed by atoms with Gasteiger partial charge in [-0.1, -0.05) is 23.7 Å². The van der Waals surface area contributed by atoms with Crippen molar-refractivity contribution >= 4 is 34.6 Å². The van der Waals surface area contributed by atoms with E-state index in [1.54, 1.807) is 12.1 Å². The first kappa shape index (κ1) is 19.0. The van der Waals surface area contributed by atoms with Gasteiger partial charge in [0.15, 0.2) is 5.11 Å². The van der Waals surface area contributed by atoms with Gasteiger partial charge in [-0.25, -0.2) is 8.78 Å². The molecule has 3 nitrogen and oxygen atoms in total.